The standard InChI is InChI=1S/C29H25F2N3O.H2/c1-19-7-10-22(11-8-19)18-32-29-33-27(16-9-20(2)23-12-14-24(30)15-13-23)21(3)28(34-29)35-26-6-4-5-25(31)17-26;/h4-17H,2,18H2,1,3H3,(H,32,33,34);1H/b16-9-;. The summed E-state index contributed by atoms with van der Waals surface area (Å²) in [6, 6.07) is 20.2. The first kappa shape index (κ1) is 23.8. The lowest BCUT2D eigenvalue weighted by molar-refractivity contribution is 0.453. The van der Waals surface area contributed by atoms with Crippen LogP contribution in [0.25, 0.3) is 11.6 Å². The first-order valence-corrected chi connectivity index (χ1v) is 11.1. The molecule has 0 fully saturated rings. The highest BCUT2D eigenvalue weighted by atomic mass is 19.1. The van der Waals surface area contributed by atoms with Crippen LogP contribution in [0.1, 0.15) is 29.4 Å². The van der Waals surface area contributed by atoms with Gasteiger partial charge in [0.15, 0.2) is 0 Å². The van der Waals surface area contributed by atoms with E-state index in [1.165, 1.54) is 29.8 Å². The summed E-state index contributed by atoms with van der Waals surface area (Å²) in [4.78, 5) is 9.16. The Morgan fingerprint density at radius 1 is 0.971 bits per heavy atom. The smallest absolute Gasteiger partial charge is 0.227 e. The maximum absolute atomic E-state index is 13.7. The van der Waals surface area contributed by atoms with E-state index >= 15 is 0 Å². The summed E-state index contributed by atoms with van der Waals surface area (Å²) < 4.78 is 32.9. The molecule has 4 rings (SSSR count). The quantitative estimate of drug-likeness (QED) is 0.267. The van der Waals surface area contributed by atoms with Crippen molar-refractivity contribution in [1.29, 1.82) is 0 Å². The number of nitrogens with one attached hydrogen (secondary N) is 1. The van der Waals surface area contributed by atoms with Gasteiger partial charge in [-0.25, -0.2) is 13.8 Å². The average molecular weight is 472 g/mol. The Bertz CT molecular complexity index is 1370. The number of ether oxygens (including phenoxy) is 1. The third kappa shape index (κ3) is 6.38. The van der Waals surface area contributed by atoms with Crippen LogP contribution in [0.2, 0.25) is 0 Å². The monoisotopic (exact) mass is 471 g/mol. The van der Waals surface area contributed by atoms with Crippen molar-refractivity contribution in [2.45, 2.75) is 20.4 Å². The van der Waals surface area contributed by atoms with Gasteiger partial charge in [0.05, 0.1) is 5.69 Å². The summed E-state index contributed by atoms with van der Waals surface area (Å²) in [5, 5.41) is 3.24. The third-order valence-corrected chi connectivity index (χ3v) is 5.38. The highest BCUT2D eigenvalue weighted by molar-refractivity contribution is 5.77. The zero-order chi connectivity index (χ0) is 24.8. The lowest BCUT2D eigenvalue weighted by Gasteiger charge is -2.13. The SMILES string of the molecule is C=C(/C=C\c1nc(NCc2ccc(C)cc2)nc(Oc2cccc(F)c2)c1C)c1ccc(F)cc1.[HH]. The van der Waals surface area contributed by atoms with E-state index in [9.17, 15) is 8.78 Å². The van der Waals surface area contributed by atoms with Crippen LogP contribution in [-0.2, 0) is 6.54 Å². The number of anilines is 1. The number of nitrogens with zero attached hydrogens (tertiary/aromatic N) is 2. The molecule has 0 saturated carbocycles. The van der Waals surface area contributed by atoms with Crippen LogP contribution < -0.4 is 10.1 Å². The van der Waals surface area contributed by atoms with Crippen molar-refractivity contribution < 1.29 is 14.9 Å². The summed E-state index contributed by atoms with van der Waals surface area (Å²) in [6.45, 7) is 8.45. The van der Waals surface area contributed by atoms with Gasteiger partial charge >= 0.3 is 0 Å². The molecule has 0 aliphatic rings. The number of hydrogen-bond acceptors (Lipinski definition) is 4. The summed E-state index contributed by atoms with van der Waals surface area (Å²) >= 11 is 0. The van der Waals surface area contributed by atoms with Crippen molar-refractivity contribution in [3.8, 4) is 11.6 Å². The number of halogens is 2. The predicted molar refractivity (Wildman–Crippen MR) is 138 cm³/mol. The highest BCUT2D eigenvalue weighted by Gasteiger charge is 2.12. The van der Waals surface area contributed by atoms with Crippen LogP contribution in [0.5, 0.6) is 11.6 Å². The van der Waals surface area contributed by atoms with E-state index in [1.54, 1.807) is 36.4 Å². The van der Waals surface area contributed by atoms with Gasteiger partial charge in [0, 0.05) is 19.6 Å². The molecule has 1 N–H and O–H groups in total. The average Bonchev–Trinajstić information content (AvgIpc) is 2.85. The first-order valence-electron chi connectivity index (χ1n) is 11.1. The van der Waals surface area contributed by atoms with Crippen molar-refractivity contribution in [1.82, 2.24) is 9.97 Å². The molecule has 0 atom stereocenters. The van der Waals surface area contributed by atoms with E-state index in [1.807, 2.05) is 38.1 Å². The molecule has 0 spiro atoms. The van der Waals surface area contributed by atoms with E-state index in [4.69, 9.17) is 4.74 Å². The van der Waals surface area contributed by atoms with Crippen LogP contribution in [0.3, 0.4) is 0 Å². The molecule has 35 heavy (non-hydrogen) atoms. The van der Waals surface area contributed by atoms with Crippen LogP contribution in [-0.4, -0.2) is 9.97 Å². The fourth-order valence-electron chi connectivity index (χ4n) is 3.32. The fourth-order valence-corrected chi connectivity index (χ4v) is 3.32. The zero-order valence-corrected chi connectivity index (χ0v) is 19.6. The largest absolute Gasteiger partial charge is 0.438 e. The fraction of sp³-hybridized carbons (Fsp3) is 0.103. The lowest BCUT2D eigenvalue weighted by atomic mass is 10.1. The van der Waals surface area contributed by atoms with Crippen molar-refractivity contribution in [3.05, 3.63) is 125 Å². The van der Waals surface area contributed by atoms with E-state index in [2.05, 4.69) is 21.9 Å². The van der Waals surface area contributed by atoms with E-state index in [0.717, 1.165) is 11.1 Å². The zero-order valence-electron chi connectivity index (χ0n) is 19.6. The van der Waals surface area contributed by atoms with Gasteiger partial charge in [-0.1, -0.05) is 60.7 Å². The molecule has 1 heterocycles. The summed E-state index contributed by atoms with van der Waals surface area (Å²) in [5.41, 5.74) is 5.04. The molecule has 0 aliphatic carbocycles. The summed E-state index contributed by atoms with van der Waals surface area (Å²) in [6.07, 6.45) is 3.61. The molecule has 0 aliphatic heterocycles. The normalized spacial score (nSPS) is 11.0. The van der Waals surface area contributed by atoms with Gasteiger partial charge in [-0.3, -0.25) is 0 Å². The molecule has 4 nitrogen and oxygen atoms in total. The Hall–Kier alpha value is -4.32. The van der Waals surface area contributed by atoms with Crippen molar-refractivity contribution >= 4 is 17.6 Å². The molecule has 0 unspecified atom stereocenters. The number of rotatable bonds is 8. The Balaban J connectivity index is 0.00000361. The minimum Gasteiger partial charge on any atom is -0.438 e. The lowest BCUT2D eigenvalue weighted by Crippen LogP contribution is -2.07. The van der Waals surface area contributed by atoms with Crippen LogP contribution >= 0.6 is 0 Å². The van der Waals surface area contributed by atoms with E-state index in [0.29, 0.717) is 41.0 Å². The second-order valence-electron chi connectivity index (χ2n) is 8.13. The Morgan fingerprint density at radius 3 is 2.43 bits per heavy atom. The van der Waals surface area contributed by atoms with Crippen molar-refractivity contribution in [3.63, 3.8) is 0 Å². The molecule has 3 aromatic carbocycles. The molecule has 0 amide bonds. The minimum atomic E-state index is -0.400. The van der Waals surface area contributed by atoms with Crippen molar-refractivity contribution in [2.75, 3.05) is 5.32 Å². The predicted octanol–water partition coefficient (Wildman–Crippen LogP) is 7.75. The molecule has 0 saturated heterocycles. The molecule has 1 aromatic heterocycles. The van der Waals surface area contributed by atoms with E-state index in [-0.39, 0.29) is 7.24 Å². The maximum Gasteiger partial charge on any atom is 0.227 e. The molecule has 0 radical (unpaired) electrons. The molecular formula is C29H27F2N3O. The van der Waals surface area contributed by atoms with Gasteiger partial charge in [-0.2, -0.15) is 4.98 Å². The van der Waals surface area contributed by atoms with Crippen molar-refractivity contribution in [2.24, 2.45) is 0 Å². The summed E-state index contributed by atoms with van der Waals surface area (Å²) in [7, 11) is 0. The van der Waals surface area contributed by atoms with Crippen LogP contribution in [0.15, 0.2) is 85.5 Å². The topological polar surface area (TPSA) is 47.0 Å². The van der Waals surface area contributed by atoms with Gasteiger partial charge in [0.25, 0.3) is 0 Å². The first-order chi connectivity index (χ1) is 16.9. The molecule has 0 bridgehead atoms. The highest BCUT2D eigenvalue weighted by Crippen LogP contribution is 2.28. The number of aryl methyl sites for hydroxylation is 1. The van der Waals surface area contributed by atoms with Gasteiger partial charge < -0.3 is 10.1 Å². The molecular weight excluding hydrogens is 444 g/mol. The Kier molecular flexibility index (Phi) is 7.31. The Morgan fingerprint density at radius 2 is 1.71 bits per heavy atom. The molecule has 178 valence electrons. The molecule has 6 heteroatoms. The minimum absolute atomic E-state index is 0. The number of allylic oxidation sites excluding steroid dienone is 2. The second kappa shape index (κ2) is 10.7. The third-order valence-electron chi connectivity index (χ3n) is 5.38. The molecule has 4 aromatic rings. The van der Waals surface area contributed by atoms with Gasteiger partial charge in [-0.15, -0.1) is 0 Å². The maximum atomic E-state index is 13.7. The van der Waals surface area contributed by atoms with Gasteiger partial charge in [-0.05, 0) is 60.9 Å². The van der Waals surface area contributed by atoms with Crippen LogP contribution in [0, 0.1) is 25.5 Å². The van der Waals surface area contributed by atoms with Gasteiger partial charge in [0.1, 0.15) is 17.4 Å². The summed E-state index contributed by atoms with van der Waals surface area (Å²) in [5.74, 6) is 0.309. The number of hydrogen-bond donors (Lipinski definition) is 1. The Labute approximate surface area is 205 Å². The van der Waals surface area contributed by atoms with Crippen LogP contribution in [0.4, 0.5) is 14.7 Å². The second-order valence-corrected chi connectivity index (χ2v) is 8.13. The van der Waals surface area contributed by atoms with Gasteiger partial charge in [0.2, 0.25) is 11.8 Å². The number of aromatic nitrogens is 2. The van der Waals surface area contributed by atoms with E-state index < -0.39 is 5.82 Å². The number of benzene rings is 3.